The fraction of sp³-hybridized carbons (Fsp3) is 0.250. The van der Waals surface area contributed by atoms with Gasteiger partial charge in [-0.15, -0.1) is 12.4 Å². The third-order valence-corrected chi connectivity index (χ3v) is 1.70. The number of benzene rings is 1. The van der Waals surface area contributed by atoms with E-state index in [1.807, 2.05) is 0 Å². The quantitative estimate of drug-likeness (QED) is 0.626. The number of nitrogens with two attached hydrogens (primary N) is 1. The number of para-hydroxylation sites is 1. The number of alkyl halides is 1. The Balaban J connectivity index is 0.00000169. The molecule has 0 aromatic heterocycles. The van der Waals surface area contributed by atoms with E-state index in [4.69, 9.17) is 5.73 Å². The van der Waals surface area contributed by atoms with Crippen LogP contribution in [0.1, 0.15) is 11.6 Å². The van der Waals surface area contributed by atoms with E-state index in [9.17, 15) is 14.5 Å². The molecule has 1 aromatic rings. The monoisotopic (exact) mass is 220 g/mol. The molecule has 0 spiro atoms. The lowest BCUT2D eigenvalue weighted by Gasteiger charge is -2.06. The summed E-state index contributed by atoms with van der Waals surface area (Å²) < 4.78 is 12.2. The van der Waals surface area contributed by atoms with Gasteiger partial charge >= 0.3 is 0 Å². The minimum atomic E-state index is -0.915. The topological polar surface area (TPSA) is 69.2 Å². The molecule has 1 atom stereocenters. The third-order valence-electron chi connectivity index (χ3n) is 1.70. The Morgan fingerprint density at radius 3 is 2.57 bits per heavy atom. The van der Waals surface area contributed by atoms with Gasteiger partial charge in [-0.2, -0.15) is 0 Å². The van der Waals surface area contributed by atoms with Crippen molar-refractivity contribution in [1.82, 2.24) is 0 Å². The van der Waals surface area contributed by atoms with Crippen LogP contribution in [0.4, 0.5) is 10.1 Å². The van der Waals surface area contributed by atoms with Gasteiger partial charge < -0.3 is 5.73 Å². The van der Waals surface area contributed by atoms with E-state index in [0.29, 0.717) is 0 Å². The number of rotatable bonds is 3. The van der Waals surface area contributed by atoms with Crippen LogP contribution in [0.25, 0.3) is 0 Å². The van der Waals surface area contributed by atoms with Gasteiger partial charge in [0.1, 0.15) is 6.67 Å². The Kier molecular flexibility index (Phi) is 5.04. The summed E-state index contributed by atoms with van der Waals surface area (Å²) in [5.41, 5.74) is 5.45. The molecule has 0 saturated carbocycles. The Labute approximate surface area is 86.5 Å². The lowest BCUT2D eigenvalue weighted by Crippen LogP contribution is -2.13. The zero-order chi connectivity index (χ0) is 9.84. The molecule has 1 rings (SSSR count). The van der Waals surface area contributed by atoms with E-state index in [1.54, 1.807) is 6.07 Å². The van der Waals surface area contributed by atoms with Crippen LogP contribution in [0, 0.1) is 10.1 Å². The van der Waals surface area contributed by atoms with Crippen molar-refractivity contribution in [2.45, 2.75) is 6.04 Å². The third kappa shape index (κ3) is 2.65. The summed E-state index contributed by atoms with van der Waals surface area (Å²) in [5.74, 6) is 0. The van der Waals surface area contributed by atoms with Crippen LogP contribution >= 0.6 is 12.4 Å². The van der Waals surface area contributed by atoms with E-state index < -0.39 is 17.6 Å². The van der Waals surface area contributed by atoms with Gasteiger partial charge in [0.15, 0.2) is 0 Å². The van der Waals surface area contributed by atoms with Crippen LogP contribution in [0.2, 0.25) is 0 Å². The highest BCUT2D eigenvalue weighted by molar-refractivity contribution is 5.85. The van der Waals surface area contributed by atoms with Gasteiger partial charge in [0.25, 0.3) is 5.69 Å². The van der Waals surface area contributed by atoms with Crippen LogP contribution < -0.4 is 5.73 Å². The van der Waals surface area contributed by atoms with Crippen LogP contribution in [-0.4, -0.2) is 11.6 Å². The van der Waals surface area contributed by atoms with Crippen molar-refractivity contribution in [2.75, 3.05) is 6.67 Å². The van der Waals surface area contributed by atoms with Crippen LogP contribution in [0.5, 0.6) is 0 Å². The maximum absolute atomic E-state index is 12.2. The summed E-state index contributed by atoms with van der Waals surface area (Å²) in [7, 11) is 0. The number of nitrogens with zero attached hydrogens (tertiary/aromatic N) is 1. The lowest BCUT2D eigenvalue weighted by atomic mass is 10.1. The molecule has 78 valence electrons. The Morgan fingerprint density at radius 1 is 1.50 bits per heavy atom. The predicted molar refractivity (Wildman–Crippen MR) is 53.2 cm³/mol. The molecule has 0 radical (unpaired) electrons. The van der Waals surface area contributed by atoms with Gasteiger partial charge in [0.05, 0.1) is 11.0 Å². The second-order valence-electron chi connectivity index (χ2n) is 2.58. The van der Waals surface area contributed by atoms with Crippen LogP contribution in [0.15, 0.2) is 24.3 Å². The maximum Gasteiger partial charge on any atom is 0.274 e. The molecular formula is C8H10ClFN2O2. The largest absolute Gasteiger partial charge is 0.322 e. The van der Waals surface area contributed by atoms with E-state index in [2.05, 4.69) is 0 Å². The molecule has 0 aliphatic carbocycles. The van der Waals surface area contributed by atoms with Crippen molar-refractivity contribution in [3.05, 3.63) is 39.9 Å². The summed E-state index contributed by atoms with van der Waals surface area (Å²) in [6, 6.07) is 4.97. The highest BCUT2D eigenvalue weighted by Gasteiger charge is 2.17. The zero-order valence-corrected chi connectivity index (χ0v) is 8.04. The molecular weight excluding hydrogens is 211 g/mol. The molecule has 0 fully saturated rings. The molecule has 0 unspecified atom stereocenters. The van der Waals surface area contributed by atoms with Crippen molar-refractivity contribution in [2.24, 2.45) is 5.73 Å². The summed E-state index contributed by atoms with van der Waals surface area (Å²) in [5, 5.41) is 10.5. The second kappa shape index (κ2) is 5.51. The van der Waals surface area contributed by atoms with Crippen LogP contribution in [-0.2, 0) is 0 Å². The summed E-state index contributed by atoms with van der Waals surface area (Å²) in [6.45, 7) is -0.801. The van der Waals surface area contributed by atoms with Crippen molar-refractivity contribution in [1.29, 1.82) is 0 Å². The van der Waals surface area contributed by atoms with E-state index in [0.717, 1.165) is 0 Å². The van der Waals surface area contributed by atoms with Crippen molar-refractivity contribution >= 4 is 18.1 Å². The van der Waals surface area contributed by atoms with Gasteiger partial charge in [0, 0.05) is 11.6 Å². The van der Waals surface area contributed by atoms with E-state index in [1.165, 1.54) is 18.2 Å². The second-order valence-corrected chi connectivity index (χ2v) is 2.58. The number of halogens is 2. The van der Waals surface area contributed by atoms with Crippen molar-refractivity contribution in [3.8, 4) is 0 Å². The Morgan fingerprint density at radius 2 is 2.07 bits per heavy atom. The fourth-order valence-electron chi connectivity index (χ4n) is 1.05. The van der Waals surface area contributed by atoms with Crippen LogP contribution in [0.3, 0.4) is 0 Å². The predicted octanol–water partition coefficient (Wildman–Crippen LogP) is 1.99. The van der Waals surface area contributed by atoms with Gasteiger partial charge in [0.2, 0.25) is 0 Å². The van der Waals surface area contributed by atoms with Gasteiger partial charge in [-0.05, 0) is 0 Å². The minimum absolute atomic E-state index is 0. The molecule has 4 nitrogen and oxygen atoms in total. The zero-order valence-electron chi connectivity index (χ0n) is 7.22. The van der Waals surface area contributed by atoms with Gasteiger partial charge in [-0.25, -0.2) is 4.39 Å². The fourth-order valence-corrected chi connectivity index (χ4v) is 1.05. The smallest absolute Gasteiger partial charge is 0.274 e. The first-order chi connectivity index (χ1) is 6.16. The molecule has 0 aliphatic rings. The molecule has 0 heterocycles. The SMILES string of the molecule is Cl.N[C@@H](CF)c1ccccc1[N+](=O)[O-]. The molecule has 0 aliphatic heterocycles. The molecule has 14 heavy (non-hydrogen) atoms. The Bertz CT molecular complexity index is 322. The number of nitro groups is 1. The molecule has 6 heteroatoms. The van der Waals surface area contributed by atoms with Crippen molar-refractivity contribution < 1.29 is 9.31 Å². The number of nitro benzene ring substituents is 1. The molecule has 2 N–H and O–H groups in total. The molecule has 0 amide bonds. The van der Waals surface area contributed by atoms with E-state index in [-0.39, 0.29) is 23.7 Å². The maximum atomic E-state index is 12.2. The number of hydrogen-bond acceptors (Lipinski definition) is 3. The first-order valence-corrected chi connectivity index (χ1v) is 3.71. The minimum Gasteiger partial charge on any atom is -0.322 e. The average Bonchev–Trinajstić information content (AvgIpc) is 2.16. The number of hydrogen-bond donors (Lipinski definition) is 1. The highest BCUT2D eigenvalue weighted by Crippen LogP contribution is 2.23. The normalized spacial score (nSPS) is 11.6. The standard InChI is InChI=1S/C8H9FN2O2.ClH/c9-5-7(10)6-3-1-2-4-8(6)11(12)13;/h1-4,7H,5,10H2;1H/t7-;/m0./s1. The average molecular weight is 221 g/mol. The summed E-state index contributed by atoms with van der Waals surface area (Å²) in [4.78, 5) is 9.91. The van der Waals surface area contributed by atoms with Gasteiger partial charge in [-0.1, -0.05) is 18.2 Å². The summed E-state index contributed by atoms with van der Waals surface area (Å²) in [6.07, 6.45) is 0. The molecule has 0 bridgehead atoms. The highest BCUT2D eigenvalue weighted by atomic mass is 35.5. The van der Waals surface area contributed by atoms with Crippen molar-refractivity contribution in [3.63, 3.8) is 0 Å². The summed E-state index contributed by atoms with van der Waals surface area (Å²) >= 11 is 0. The molecule has 1 aromatic carbocycles. The first kappa shape index (κ1) is 12.8. The lowest BCUT2D eigenvalue weighted by molar-refractivity contribution is -0.385. The Hall–Kier alpha value is -1.20. The molecule has 0 saturated heterocycles. The van der Waals surface area contributed by atoms with E-state index >= 15 is 0 Å². The first-order valence-electron chi connectivity index (χ1n) is 3.71. The van der Waals surface area contributed by atoms with Gasteiger partial charge in [-0.3, -0.25) is 10.1 Å².